The molecule has 0 heterocycles. The van der Waals surface area contributed by atoms with Crippen LogP contribution in [0.3, 0.4) is 0 Å². The Balaban J connectivity index is 1.66. The highest BCUT2D eigenvalue weighted by atomic mass is 16.5. The fraction of sp³-hybridized carbons (Fsp3) is 0.250. The predicted octanol–water partition coefficient (Wildman–Crippen LogP) is 3.58. The van der Waals surface area contributed by atoms with Crippen molar-refractivity contribution in [2.75, 3.05) is 25.6 Å². The molecular formula is C16H19NO2. The number of nitrogens with one attached hydrogen (secondary N) is 1. The third kappa shape index (κ3) is 4.54. The number of benzene rings is 2. The molecule has 0 radical (unpaired) electrons. The van der Waals surface area contributed by atoms with E-state index in [-0.39, 0.29) is 0 Å². The molecule has 3 heteroatoms. The summed E-state index contributed by atoms with van der Waals surface area (Å²) in [5, 5.41) is 3.35. The number of hydrogen-bond donors (Lipinski definition) is 1. The van der Waals surface area contributed by atoms with E-state index in [1.807, 2.05) is 42.5 Å². The van der Waals surface area contributed by atoms with Gasteiger partial charge in [0, 0.05) is 18.3 Å². The Hall–Kier alpha value is -2.16. The van der Waals surface area contributed by atoms with Crippen molar-refractivity contribution >= 4 is 5.69 Å². The van der Waals surface area contributed by atoms with Crippen LogP contribution >= 0.6 is 0 Å². The van der Waals surface area contributed by atoms with Crippen molar-refractivity contribution in [1.82, 2.24) is 0 Å². The maximum atomic E-state index is 5.67. The molecule has 0 aliphatic rings. The lowest BCUT2D eigenvalue weighted by Gasteiger charge is -2.09. The van der Waals surface area contributed by atoms with E-state index in [0.717, 1.165) is 30.2 Å². The Morgan fingerprint density at radius 1 is 0.947 bits per heavy atom. The molecule has 0 spiro atoms. The summed E-state index contributed by atoms with van der Waals surface area (Å²) >= 11 is 0. The second kappa shape index (κ2) is 7.31. The quantitative estimate of drug-likeness (QED) is 0.769. The number of methoxy groups -OCH3 is 1. The Morgan fingerprint density at radius 3 is 2.53 bits per heavy atom. The van der Waals surface area contributed by atoms with E-state index in [0.29, 0.717) is 6.61 Å². The van der Waals surface area contributed by atoms with Crippen molar-refractivity contribution in [1.29, 1.82) is 0 Å². The molecule has 0 bridgehead atoms. The Labute approximate surface area is 114 Å². The minimum absolute atomic E-state index is 0.688. The zero-order chi connectivity index (χ0) is 13.3. The van der Waals surface area contributed by atoms with Crippen molar-refractivity contribution < 1.29 is 9.47 Å². The summed E-state index contributed by atoms with van der Waals surface area (Å²) < 4.78 is 10.8. The van der Waals surface area contributed by atoms with Gasteiger partial charge in [-0.1, -0.05) is 24.3 Å². The van der Waals surface area contributed by atoms with Gasteiger partial charge in [0.25, 0.3) is 0 Å². The van der Waals surface area contributed by atoms with Crippen LogP contribution in [0.4, 0.5) is 5.69 Å². The second-order valence-electron chi connectivity index (χ2n) is 4.17. The van der Waals surface area contributed by atoms with E-state index in [4.69, 9.17) is 9.47 Å². The lowest BCUT2D eigenvalue weighted by molar-refractivity contribution is 0.312. The van der Waals surface area contributed by atoms with Crippen molar-refractivity contribution in [3.8, 4) is 11.5 Å². The molecule has 0 unspecified atom stereocenters. The summed E-state index contributed by atoms with van der Waals surface area (Å²) in [6.07, 6.45) is 0.951. The smallest absolute Gasteiger partial charge is 0.122 e. The van der Waals surface area contributed by atoms with Gasteiger partial charge in [0.1, 0.15) is 11.5 Å². The van der Waals surface area contributed by atoms with Crippen LogP contribution < -0.4 is 14.8 Å². The Bertz CT molecular complexity index is 485. The van der Waals surface area contributed by atoms with E-state index >= 15 is 0 Å². The third-order valence-corrected chi connectivity index (χ3v) is 2.73. The largest absolute Gasteiger partial charge is 0.497 e. The minimum atomic E-state index is 0.688. The SMILES string of the molecule is COc1cccc(OCCCNc2ccccc2)c1. The van der Waals surface area contributed by atoms with Crippen LogP contribution in [0.15, 0.2) is 54.6 Å². The van der Waals surface area contributed by atoms with Gasteiger partial charge in [-0.3, -0.25) is 0 Å². The maximum absolute atomic E-state index is 5.67. The number of anilines is 1. The number of para-hydroxylation sites is 1. The molecule has 0 saturated carbocycles. The van der Waals surface area contributed by atoms with Gasteiger partial charge in [-0.2, -0.15) is 0 Å². The monoisotopic (exact) mass is 257 g/mol. The van der Waals surface area contributed by atoms with Crippen LogP contribution in [0.25, 0.3) is 0 Å². The minimum Gasteiger partial charge on any atom is -0.497 e. The van der Waals surface area contributed by atoms with E-state index in [1.165, 1.54) is 0 Å². The Kier molecular flexibility index (Phi) is 5.11. The van der Waals surface area contributed by atoms with E-state index in [2.05, 4.69) is 17.4 Å². The molecule has 0 aromatic heterocycles. The zero-order valence-electron chi connectivity index (χ0n) is 11.1. The van der Waals surface area contributed by atoms with E-state index in [1.54, 1.807) is 7.11 Å². The second-order valence-corrected chi connectivity index (χ2v) is 4.17. The molecule has 2 aromatic carbocycles. The predicted molar refractivity (Wildman–Crippen MR) is 78.0 cm³/mol. The summed E-state index contributed by atoms with van der Waals surface area (Å²) in [6, 6.07) is 17.8. The zero-order valence-corrected chi connectivity index (χ0v) is 11.1. The molecule has 0 amide bonds. The van der Waals surface area contributed by atoms with Crippen LogP contribution in [0.1, 0.15) is 6.42 Å². The Morgan fingerprint density at radius 2 is 1.74 bits per heavy atom. The van der Waals surface area contributed by atoms with Crippen LogP contribution in [-0.4, -0.2) is 20.3 Å². The van der Waals surface area contributed by atoms with Gasteiger partial charge < -0.3 is 14.8 Å². The molecule has 0 atom stereocenters. The first-order valence-corrected chi connectivity index (χ1v) is 6.44. The number of rotatable bonds is 7. The highest BCUT2D eigenvalue weighted by Crippen LogP contribution is 2.18. The van der Waals surface area contributed by atoms with Gasteiger partial charge in [-0.15, -0.1) is 0 Å². The summed E-state index contributed by atoms with van der Waals surface area (Å²) in [6.45, 7) is 1.58. The standard InChI is InChI=1S/C16H19NO2/c1-18-15-9-5-10-16(13-15)19-12-6-11-17-14-7-3-2-4-8-14/h2-5,7-10,13,17H,6,11-12H2,1H3. The van der Waals surface area contributed by atoms with Gasteiger partial charge in [0.15, 0.2) is 0 Å². The van der Waals surface area contributed by atoms with Gasteiger partial charge in [0.05, 0.1) is 13.7 Å². The highest BCUT2D eigenvalue weighted by Gasteiger charge is 1.96. The van der Waals surface area contributed by atoms with Gasteiger partial charge >= 0.3 is 0 Å². The van der Waals surface area contributed by atoms with Gasteiger partial charge in [-0.05, 0) is 30.7 Å². The molecule has 1 N–H and O–H groups in total. The lowest BCUT2D eigenvalue weighted by Crippen LogP contribution is -2.07. The highest BCUT2D eigenvalue weighted by molar-refractivity contribution is 5.42. The topological polar surface area (TPSA) is 30.5 Å². The molecule has 0 fully saturated rings. The fourth-order valence-corrected chi connectivity index (χ4v) is 1.74. The van der Waals surface area contributed by atoms with Crippen LogP contribution in [0, 0.1) is 0 Å². The summed E-state index contributed by atoms with van der Waals surface area (Å²) in [5.74, 6) is 1.67. The third-order valence-electron chi connectivity index (χ3n) is 2.73. The number of ether oxygens (including phenoxy) is 2. The average Bonchev–Trinajstić information content (AvgIpc) is 2.48. The molecule has 2 aromatic rings. The first-order valence-electron chi connectivity index (χ1n) is 6.44. The molecule has 2 rings (SSSR count). The molecule has 0 aliphatic carbocycles. The normalized spacial score (nSPS) is 9.95. The van der Waals surface area contributed by atoms with Crippen molar-refractivity contribution in [2.45, 2.75) is 6.42 Å². The van der Waals surface area contributed by atoms with Crippen LogP contribution in [0.5, 0.6) is 11.5 Å². The molecule has 3 nitrogen and oxygen atoms in total. The van der Waals surface area contributed by atoms with E-state index in [9.17, 15) is 0 Å². The van der Waals surface area contributed by atoms with Crippen molar-refractivity contribution in [3.63, 3.8) is 0 Å². The molecular weight excluding hydrogens is 238 g/mol. The van der Waals surface area contributed by atoms with Crippen molar-refractivity contribution in [2.24, 2.45) is 0 Å². The van der Waals surface area contributed by atoms with Gasteiger partial charge in [0.2, 0.25) is 0 Å². The number of hydrogen-bond acceptors (Lipinski definition) is 3. The van der Waals surface area contributed by atoms with E-state index < -0.39 is 0 Å². The summed E-state index contributed by atoms with van der Waals surface area (Å²) in [5.41, 5.74) is 1.14. The molecule has 100 valence electrons. The molecule has 0 aliphatic heterocycles. The fourth-order valence-electron chi connectivity index (χ4n) is 1.74. The van der Waals surface area contributed by atoms with Crippen LogP contribution in [-0.2, 0) is 0 Å². The summed E-state index contributed by atoms with van der Waals surface area (Å²) in [7, 11) is 1.66. The van der Waals surface area contributed by atoms with Crippen LogP contribution in [0.2, 0.25) is 0 Å². The maximum Gasteiger partial charge on any atom is 0.122 e. The van der Waals surface area contributed by atoms with Crippen molar-refractivity contribution in [3.05, 3.63) is 54.6 Å². The summed E-state index contributed by atoms with van der Waals surface area (Å²) in [4.78, 5) is 0. The first kappa shape index (κ1) is 13.3. The molecule has 19 heavy (non-hydrogen) atoms. The first-order chi connectivity index (χ1) is 9.38. The lowest BCUT2D eigenvalue weighted by atomic mass is 10.3. The average molecular weight is 257 g/mol. The molecule has 0 saturated heterocycles. The van der Waals surface area contributed by atoms with Gasteiger partial charge in [-0.25, -0.2) is 0 Å².